The minimum absolute atomic E-state index is 0.0568. The highest BCUT2D eigenvalue weighted by Gasteiger charge is 2.48. The van der Waals surface area contributed by atoms with Crippen LogP contribution in [0.3, 0.4) is 0 Å². The molecule has 1 saturated carbocycles. The molecule has 0 spiro atoms. The van der Waals surface area contributed by atoms with Gasteiger partial charge in [0.1, 0.15) is 11.7 Å². The van der Waals surface area contributed by atoms with E-state index < -0.39 is 17.9 Å². The van der Waals surface area contributed by atoms with Gasteiger partial charge >= 0.3 is 5.97 Å². The lowest BCUT2D eigenvalue weighted by atomic mass is 9.84. The summed E-state index contributed by atoms with van der Waals surface area (Å²) in [6.45, 7) is 0.259. The number of benzene rings is 1. The van der Waals surface area contributed by atoms with Gasteiger partial charge in [0, 0.05) is 12.1 Å². The maximum absolute atomic E-state index is 13.2. The number of nitrogens with zero attached hydrogens (tertiary/aromatic N) is 3. The summed E-state index contributed by atoms with van der Waals surface area (Å²) in [6, 6.07) is 11.3. The highest BCUT2D eigenvalue weighted by molar-refractivity contribution is 5.95. The highest BCUT2D eigenvalue weighted by Crippen LogP contribution is 2.40. The Labute approximate surface area is 162 Å². The molecule has 1 N–H and O–H groups in total. The molecule has 1 aromatic heterocycles. The van der Waals surface area contributed by atoms with Crippen LogP contribution < -0.4 is 5.56 Å². The second-order valence-corrected chi connectivity index (χ2v) is 7.61. The first-order valence-corrected chi connectivity index (χ1v) is 9.72. The summed E-state index contributed by atoms with van der Waals surface area (Å²) in [5.74, 6) is -1.14. The Bertz CT molecular complexity index is 940. The SMILES string of the molecule is O=C(O)[C@@H]1C[C@@H]2CCCC[C@@H]2N1C(=O)c1ccc(=O)n(Cc2ccccc2)n1. The fraction of sp³-hybridized carbons (Fsp3) is 0.429. The molecule has 2 aromatic rings. The summed E-state index contributed by atoms with van der Waals surface area (Å²) in [4.78, 5) is 38.7. The Kier molecular flexibility index (Phi) is 4.98. The van der Waals surface area contributed by atoms with Gasteiger partial charge in [0.15, 0.2) is 0 Å². The van der Waals surface area contributed by atoms with Crippen LogP contribution in [0.5, 0.6) is 0 Å². The smallest absolute Gasteiger partial charge is 0.326 e. The molecule has 4 rings (SSSR count). The quantitative estimate of drug-likeness (QED) is 0.876. The number of aliphatic carboxylic acids is 1. The monoisotopic (exact) mass is 381 g/mol. The molecule has 1 aromatic carbocycles. The van der Waals surface area contributed by atoms with Crippen LogP contribution in [-0.2, 0) is 11.3 Å². The number of fused-ring (bicyclic) bond motifs is 1. The van der Waals surface area contributed by atoms with Gasteiger partial charge in [0.25, 0.3) is 11.5 Å². The van der Waals surface area contributed by atoms with Crippen molar-refractivity contribution in [2.45, 2.75) is 50.7 Å². The minimum atomic E-state index is -0.972. The first-order valence-electron chi connectivity index (χ1n) is 9.72. The average molecular weight is 381 g/mol. The van der Waals surface area contributed by atoms with Crippen molar-refractivity contribution in [2.24, 2.45) is 5.92 Å². The lowest BCUT2D eigenvalue weighted by Gasteiger charge is -2.32. The summed E-state index contributed by atoms with van der Waals surface area (Å²) in [5.41, 5.74) is 0.721. The number of hydrogen-bond donors (Lipinski definition) is 1. The molecule has 2 fully saturated rings. The van der Waals surface area contributed by atoms with Gasteiger partial charge in [-0.15, -0.1) is 0 Å². The van der Waals surface area contributed by atoms with E-state index >= 15 is 0 Å². The van der Waals surface area contributed by atoms with E-state index in [0.717, 1.165) is 31.2 Å². The Morgan fingerprint density at radius 1 is 1.07 bits per heavy atom. The molecule has 0 bridgehead atoms. The van der Waals surface area contributed by atoms with Crippen LogP contribution in [0.1, 0.15) is 48.2 Å². The second kappa shape index (κ2) is 7.58. The standard InChI is InChI=1S/C21H23N3O4/c25-19-11-10-16(22-23(19)13-14-6-2-1-3-7-14)20(26)24-17-9-5-4-8-15(17)12-18(24)21(27)28/h1-3,6-7,10-11,15,17-18H,4-5,8-9,12-13H2,(H,27,28)/t15-,17-,18-/m0/s1. The van der Waals surface area contributed by atoms with Crippen LogP contribution in [0.15, 0.2) is 47.3 Å². The van der Waals surface area contributed by atoms with Crippen molar-refractivity contribution in [3.63, 3.8) is 0 Å². The summed E-state index contributed by atoms with van der Waals surface area (Å²) in [7, 11) is 0. The number of carboxylic acids is 1. The van der Waals surface area contributed by atoms with Crippen molar-refractivity contribution in [2.75, 3.05) is 0 Å². The van der Waals surface area contributed by atoms with E-state index in [1.54, 1.807) is 0 Å². The third-order valence-corrected chi connectivity index (χ3v) is 5.87. The Hall–Kier alpha value is -2.96. The lowest BCUT2D eigenvalue weighted by molar-refractivity contribution is -0.141. The Morgan fingerprint density at radius 3 is 2.57 bits per heavy atom. The van der Waals surface area contributed by atoms with Crippen LogP contribution in [-0.4, -0.2) is 43.7 Å². The van der Waals surface area contributed by atoms with Crippen molar-refractivity contribution in [3.05, 3.63) is 64.1 Å². The van der Waals surface area contributed by atoms with E-state index in [4.69, 9.17) is 0 Å². The predicted octanol–water partition coefficient (Wildman–Crippen LogP) is 2.15. The highest BCUT2D eigenvalue weighted by atomic mass is 16.4. The molecule has 146 valence electrons. The largest absolute Gasteiger partial charge is 0.480 e. The van der Waals surface area contributed by atoms with Gasteiger partial charge in [0.2, 0.25) is 0 Å². The van der Waals surface area contributed by atoms with Gasteiger partial charge in [-0.3, -0.25) is 9.59 Å². The minimum Gasteiger partial charge on any atom is -0.480 e. The van der Waals surface area contributed by atoms with Gasteiger partial charge in [-0.25, -0.2) is 9.48 Å². The van der Waals surface area contributed by atoms with Crippen LogP contribution >= 0.6 is 0 Å². The molecule has 28 heavy (non-hydrogen) atoms. The van der Waals surface area contributed by atoms with Gasteiger partial charge in [0.05, 0.1) is 6.54 Å². The van der Waals surface area contributed by atoms with Crippen molar-refractivity contribution in [1.82, 2.24) is 14.7 Å². The fourth-order valence-electron chi connectivity index (χ4n) is 4.54. The van der Waals surface area contributed by atoms with Crippen LogP contribution in [0.25, 0.3) is 0 Å². The van der Waals surface area contributed by atoms with E-state index in [0.29, 0.717) is 6.42 Å². The maximum Gasteiger partial charge on any atom is 0.326 e. The van der Waals surface area contributed by atoms with E-state index in [-0.39, 0.29) is 29.8 Å². The topological polar surface area (TPSA) is 92.5 Å². The predicted molar refractivity (Wildman–Crippen MR) is 102 cm³/mol. The zero-order valence-electron chi connectivity index (χ0n) is 15.5. The number of hydrogen-bond acceptors (Lipinski definition) is 4. The van der Waals surface area contributed by atoms with Crippen LogP contribution in [0.4, 0.5) is 0 Å². The summed E-state index contributed by atoms with van der Waals surface area (Å²) in [5, 5.41) is 13.9. The van der Waals surface area contributed by atoms with E-state index in [9.17, 15) is 19.5 Å². The first kappa shape index (κ1) is 18.4. The molecule has 0 unspecified atom stereocenters. The number of rotatable bonds is 4. The zero-order chi connectivity index (χ0) is 19.7. The average Bonchev–Trinajstić information content (AvgIpc) is 3.10. The van der Waals surface area contributed by atoms with E-state index in [1.165, 1.54) is 21.7 Å². The molecule has 7 heteroatoms. The maximum atomic E-state index is 13.2. The van der Waals surface area contributed by atoms with E-state index in [1.807, 2.05) is 30.3 Å². The molecule has 1 aliphatic carbocycles. The summed E-state index contributed by atoms with van der Waals surface area (Å²) < 4.78 is 1.26. The molecule has 1 amide bonds. The Morgan fingerprint density at radius 2 is 1.82 bits per heavy atom. The number of aromatic nitrogens is 2. The van der Waals surface area contributed by atoms with Crippen LogP contribution in [0.2, 0.25) is 0 Å². The molecule has 2 aliphatic rings. The fourth-order valence-corrected chi connectivity index (χ4v) is 4.54. The third kappa shape index (κ3) is 3.44. The van der Waals surface area contributed by atoms with Crippen molar-refractivity contribution < 1.29 is 14.7 Å². The lowest BCUT2D eigenvalue weighted by Crippen LogP contribution is -2.47. The molecule has 3 atom stereocenters. The van der Waals surface area contributed by atoms with Crippen molar-refractivity contribution >= 4 is 11.9 Å². The normalized spacial score (nSPS) is 24.0. The summed E-state index contributed by atoms with van der Waals surface area (Å²) in [6.07, 6.45) is 4.35. The van der Waals surface area contributed by atoms with Gasteiger partial charge in [-0.05, 0) is 36.8 Å². The molecule has 2 heterocycles. The molecular weight excluding hydrogens is 358 g/mol. The number of carbonyl (C=O) groups excluding carboxylic acids is 1. The summed E-state index contributed by atoms with van der Waals surface area (Å²) >= 11 is 0. The Balaban J connectivity index is 1.64. The number of likely N-dealkylation sites (tertiary alicyclic amines) is 1. The van der Waals surface area contributed by atoms with Gasteiger partial charge in [-0.2, -0.15) is 5.10 Å². The molecule has 1 saturated heterocycles. The molecule has 0 radical (unpaired) electrons. The van der Waals surface area contributed by atoms with E-state index in [2.05, 4.69) is 5.10 Å². The second-order valence-electron chi connectivity index (χ2n) is 7.61. The first-order chi connectivity index (χ1) is 13.5. The number of carboxylic acid groups (broad SMARTS) is 1. The van der Waals surface area contributed by atoms with Crippen LogP contribution in [0, 0.1) is 5.92 Å². The molecule has 1 aliphatic heterocycles. The molecule has 7 nitrogen and oxygen atoms in total. The van der Waals surface area contributed by atoms with Gasteiger partial charge < -0.3 is 10.0 Å². The number of carbonyl (C=O) groups is 2. The molecular formula is C21H23N3O4. The van der Waals surface area contributed by atoms with Crippen molar-refractivity contribution in [3.8, 4) is 0 Å². The number of amides is 1. The van der Waals surface area contributed by atoms with Gasteiger partial charge in [-0.1, -0.05) is 43.2 Å². The van der Waals surface area contributed by atoms with Crippen molar-refractivity contribution in [1.29, 1.82) is 0 Å². The third-order valence-electron chi connectivity index (χ3n) is 5.87. The zero-order valence-corrected chi connectivity index (χ0v) is 15.5.